The standard InChI is InChI=1S/C14H17FN2OS/c15-11-8-10(13(16)19)6-7-12(11)17-14(18)9-4-2-1-3-5-9/h6-9H,1-5H2,(H2,16,19)(H,17,18). The van der Waals surface area contributed by atoms with E-state index in [-0.39, 0.29) is 22.5 Å². The molecule has 1 aliphatic carbocycles. The summed E-state index contributed by atoms with van der Waals surface area (Å²) in [6.07, 6.45) is 5.10. The van der Waals surface area contributed by atoms with Gasteiger partial charge in [-0.3, -0.25) is 4.79 Å². The minimum atomic E-state index is -0.505. The highest BCUT2D eigenvalue weighted by Gasteiger charge is 2.21. The first-order valence-corrected chi connectivity index (χ1v) is 6.89. The van der Waals surface area contributed by atoms with Crippen LogP contribution in [0.1, 0.15) is 37.7 Å². The zero-order valence-corrected chi connectivity index (χ0v) is 11.4. The molecule has 102 valence electrons. The van der Waals surface area contributed by atoms with Crippen molar-refractivity contribution in [2.45, 2.75) is 32.1 Å². The molecule has 3 nitrogen and oxygen atoms in total. The maximum absolute atomic E-state index is 13.8. The lowest BCUT2D eigenvalue weighted by atomic mass is 9.88. The highest BCUT2D eigenvalue weighted by Crippen LogP contribution is 2.25. The molecule has 1 aromatic rings. The summed E-state index contributed by atoms with van der Waals surface area (Å²) in [6.45, 7) is 0. The molecule has 1 amide bonds. The van der Waals surface area contributed by atoms with E-state index in [1.807, 2.05) is 0 Å². The number of amides is 1. The quantitative estimate of drug-likeness (QED) is 0.837. The zero-order chi connectivity index (χ0) is 13.8. The van der Waals surface area contributed by atoms with Crippen LogP contribution in [0, 0.1) is 11.7 Å². The number of thiocarbonyl (C=S) groups is 1. The molecule has 0 heterocycles. The van der Waals surface area contributed by atoms with E-state index < -0.39 is 5.82 Å². The van der Waals surface area contributed by atoms with Crippen LogP contribution in [-0.4, -0.2) is 10.9 Å². The molecule has 0 spiro atoms. The maximum atomic E-state index is 13.8. The first-order valence-electron chi connectivity index (χ1n) is 6.48. The number of nitrogens with one attached hydrogen (secondary N) is 1. The fraction of sp³-hybridized carbons (Fsp3) is 0.429. The summed E-state index contributed by atoms with van der Waals surface area (Å²) >= 11 is 4.78. The second kappa shape index (κ2) is 6.10. The van der Waals surface area contributed by atoms with Crippen LogP contribution in [0.3, 0.4) is 0 Å². The Morgan fingerprint density at radius 3 is 2.58 bits per heavy atom. The second-order valence-corrected chi connectivity index (χ2v) is 5.32. The van der Waals surface area contributed by atoms with Gasteiger partial charge in [-0.2, -0.15) is 0 Å². The predicted octanol–water partition coefficient (Wildman–Crippen LogP) is 2.98. The average Bonchev–Trinajstić information content (AvgIpc) is 2.41. The van der Waals surface area contributed by atoms with Crippen molar-refractivity contribution in [3.05, 3.63) is 29.6 Å². The number of benzene rings is 1. The Bertz CT molecular complexity index is 498. The van der Waals surface area contributed by atoms with E-state index in [2.05, 4.69) is 5.32 Å². The summed E-state index contributed by atoms with van der Waals surface area (Å²) in [4.78, 5) is 12.2. The molecule has 3 N–H and O–H groups in total. The predicted molar refractivity (Wildman–Crippen MR) is 77.5 cm³/mol. The fourth-order valence-corrected chi connectivity index (χ4v) is 2.50. The zero-order valence-electron chi connectivity index (χ0n) is 10.6. The van der Waals surface area contributed by atoms with Gasteiger partial charge < -0.3 is 11.1 Å². The number of anilines is 1. The number of rotatable bonds is 3. The molecule has 5 heteroatoms. The third kappa shape index (κ3) is 3.50. The van der Waals surface area contributed by atoms with E-state index in [0.717, 1.165) is 25.7 Å². The largest absolute Gasteiger partial charge is 0.389 e. The van der Waals surface area contributed by atoms with Crippen LogP contribution >= 0.6 is 12.2 Å². The third-order valence-electron chi connectivity index (χ3n) is 3.49. The Morgan fingerprint density at radius 2 is 2.00 bits per heavy atom. The van der Waals surface area contributed by atoms with Gasteiger partial charge in [-0.1, -0.05) is 31.5 Å². The molecule has 0 bridgehead atoms. The van der Waals surface area contributed by atoms with Crippen LogP contribution in [0.5, 0.6) is 0 Å². The monoisotopic (exact) mass is 280 g/mol. The number of carbonyl (C=O) groups excluding carboxylic acids is 1. The van der Waals surface area contributed by atoms with Crippen molar-refractivity contribution < 1.29 is 9.18 Å². The average molecular weight is 280 g/mol. The highest BCUT2D eigenvalue weighted by molar-refractivity contribution is 7.80. The summed E-state index contributed by atoms with van der Waals surface area (Å²) < 4.78 is 13.8. The third-order valence-corrected chi connectivity index (χ3v) is 3.72. The molecule has 2 rings (SSSR count). The Kier molecular flexibility index (Phi) is 4.47. The van der Waals surface area contributed by atoms with E-state index in [4.69, 9.17) is 18.0 Å². The molecule has 0 saturated heterocycles. The van der Waals surface area contributed by atoms with Crippen molar-refractivity contribution in [3.8, 4) is 0 Å². The summed E-state index contributed by atoms with van der Waals surface area (Å²) in [5, 5.41) is 2.65. The van der Waals surface area contributed by atoms with Gasteiger partial charge in [0.15, 0.2) is 0 Å². The lowest BCUT2D eigenvalue weighted by molar-refractivity contribution is -0.120. The number of carbonyl (C=O) groups is 1. The molecule has 1 fully saturated rings. The molecule has 1 aliphatic rings. The van der Waals surface area contributed by atoms with Crippen LogP contribution in [0.2, 0.25) is 0 Å². The first kappa shape index (κ1) is 13.9. The summed E-state index contributed by atoms with van der Waals surface area (Å²) in [5.74, 6) is -0.598. The lowest BCUT2D eigenvalue weighted by Gasteiger charge is -2.20. The molecule has 0 aromatic heterocycles. The number of hydrogen-bond acceptors (Lipinski definition) is 2. The van der Waals surface area contributed by atoms with Gasteiger partial charge in [0.1, 0.15) is 10.8 Å². The van der Waals surface area contributed by atoms with Crippen molar-refractivity contribution in [2.24, 2.45) is 11.7 Å². The van der Waals surface area contributed by atoms with Crippen LogP contribution in [0.25, 0.3) is 0 Å². The molecule has 0 unspecified atom stereocenters. The van der Waals surface area contributed by atoms with Gasteiger partial charge in [0.2, 0.25) is 5.91 Å². The Hall–Kier alpha value is -1.49. The van der Waals surface area contributed by atoms with Crippen LogP contribution in [0.15, 0.2) is 18.2 Å². The normalized spacial score (nSPS) is 16.1. The molecule has 0 atom stereocenters. The van der Waals surface area contributed by atoms with E-state index in [1.54, 1.807) is 6.07 Å². The lowest BCUT2D eigenvalue weighted by Crippen LogP contribution is -2.25. The highest BCUT2D eigenvalue weighted by atomic mass is 32.1. The van der Waals surface area contributed by atoms with Crippen LogP contribution in [0.4, 0.5) is 10.1 Å². The minimum absolute atomic E-state index is 0.00316. The number of nitrogens with two attached hydrogens (primary N) is 1. The summed E-state index contributed by atoms with van der Waals surface area (Å²) in [7, 11) is 0. The molecule has 19 heavy (non-hydrogen) atoms. The van der Waals surface area contributed by atoms with Gasteiger partial charge in [0, 0.05) is 11.5 Å². The van der Waals surface area contributed by atoms with Crippen molar-refractivity contribution in [1.82, 2.24) is 0 Å². The molecule has 1 saturated carbocycles. The summed E-state index contributed by atoms with van der Waals surface area (Å²) in [5.41, 5.74) is 6.08. The van der Waals surface area contributed by atoms with Crippen molar-refractivity contribution in [1.29, 1.82) is 0 Å². The maximum Gasteiger partial charge on any atom is 0.227 e. The molecule has 0 aliphatic heterocycles. The van der Waals surface area contributed by atoms with E-state index in [9.17, 15) is 9.18 Å². The van der Waals surface area contributed by atoms with Gasteiger partial charge in [-0.05, 0) is 31.0 Å². The van der Waals surface area contributed by atoms with Gasteiger partial charge in [-0.25, -0.2) is 4.39 Å². The molecular formula is C14H17FN2OS. The van der Waals surface area contributed by atoms with Crippen molar-refractivity contribution >= 4 is 28.8 Å². The van der Waals surface area contributed by atoms with Crippen LogP contribution < -0.4 is 11.1 Å². The smallest absolute Gasteiger partial charge is 0.227 e. The molecule has 0 radical (unpaired) electrons. The van der Waals surface area contributed by atoms with E-state index in [1.165, 1.54) is 18.6 Å². The van der Waals surface area contributed by atoms with Gasteiger partial charge in [0.25, 0.3) is 0 Å². The van der Waals surface area contributed by atoms with Gasteiger partial charge in [0.05, 0.1) is 5.69 Å². The number of halogens is 1. The Morgan fingerprint density at radius 1 is 1.32 bits per heavy atom. The number of hydrogen-bond donors (Lipinski definition) is 2. The van der Waals surface area contributed by atoms with Crippen molar-refractivity contribution in [3.63, 3.8) is 0 Å². The summed E-state index contributed by atoms with van der Waals surface area (Å²) in [6, 6.07) is 4.37. The van der Waals surface area contributed by atoms with E-state index >= 15 is 0 Å². The minimum Gasteiger partial charge on any atom is -0.389 e. The topological polar surface area (TPSA) is 55.1 Å². The SMILES string of the molecule is NC(=S)c1ccc(NC(=O)C2CCCCC2)c(F)c1. The first-order chi connectivity index (χ1) is 9.08. The van der Waals surface area contributed by atoms with Gasteiger partial charge in [-0.15, -0.1) is 0 Å². The Labute approximate surface area is 117 Å². The fourth-order valence-electron chi connectivity index (χ4n) is 2.37. The van der Waals surface area contributed by atoms with Gasteiger partial charge >= 0.3 is 0 Å². The second-order valence-electron chi connectivity index (χ2n) is 4.88. The Balaban J connectivity index is 2.06. The molecule has 1 aromatic carbocycles. The van der Waals surface area contributed by atoms with E-state index in [0.29, 0.717) is 5.56 Å². The van der Waals surface area contributed by atoms with Crippen molar-refractivity contribution in [2.75, 3.05) is 5.32 Å². The van der Waals surface area contributed by atoms with Crippen LogP contribution in [-0.2, 0) is 4.79 Å². The molecular weight excluding hydrogens is 263 g/mol.